The second-order valence-corrected chi connectivity index (χ2v) is 10.6. The van der Waals surface area contributed by atoms with E-state index in [4.69, 9.17) is 27.9 Å². The third-order valence-electron chi connectivity index (χ3n) is 5.72. The van der Waals surface area contributed by atoms with Crippen LogP contribution in [0.3, 0.4) is 0 Å². The number of aromatic nitrogens is 1. The highest BCUT2D eigenvalue weighted by molar-refractivity contribution is 7.89. The van der Waals surface area contributed by atoms with E-state index in [0.717, 1.165) is 43.0 Å². The fourth-order valence-electron chi connectivity index (χ4n) is 4.16. The molecule has 4 rings (SSSR count). The molecule has 1 heterocycles. The SMILES string of the molecule is CC(=O)OCc1c(-c2ccc(Cl)c(S(=O)(=O)NC3CCCCC3)c2)[nH]c2ccc(Cl)cc12. The predicted octanol–water partition coefficient (Wildman–Crippen LogP) is 5.82. The molecule has 1 fully saturated rings. The van der Waals surface area contributed by atoms with E-state index < -0.39 is 16.0 Å². The van der Waals surface area contributed by atoms with Gasteiger partial charge in [0, 0.05) is 34.5 Å². The minimum Gasteiger partial charge on any atom is -0.461 e. The fraction of sp³-hybridized carbons (Fsp3) is 0.348. The number of rotatable bonds is 6. The number of fused-ring (bicyclic) bond motifs is 1. The minimum atomic E-state index is -3.80. The molecule has 2 aromatic carbocycles. The second-order valence-electron chi connectivity index (χ2n) is 8.05. The number of carbonyl (C=O) groups is 1. The number of nitrogens with one attached hydrogen (secondary N) is 2. The molecule has 0 unspecified atom stereocenters. The topological polar surface area (TPSA) is 88.3 Å². The molecule has 0 bridgehead atoms. The summed E-state index contributed by atoms with van der Waals surface area (Å²) in [4.78, 5) is 14.8. The first-order valence-corrected chi connectivity index (χ1v) is 12.7. The Balaban J connectivity index is 1.77. The lowest BCUT2D eigenvalue weighted by molar-refractivity contribution is -0.142. The largest absolute Gasteiger partial charge is 0.461 e. The molecule has 0 atom stereocenters. The van der Waals surface area contributed by atoms with Crippen LogP contribution in [0.5, 0.6) is 0 Å². The third-order valence-corrected chi connectivity index (χ3v) is 7.96. The van der Waals surface area contributed by atoms with Crippen LogP contribution >= 0.6 is 23.2 Å². The van der Waals surface area contributed by atoms with Gasteiger partial charge in [0.05, 0.1) is 10.7 Å². The number of hydrogen-bond acceptors (Lipinski definition) is 4. The number of aromatic amines is 1. The van der Waals surface area contributed by atoms with E-state index >= 15 is 0 Å². The summed E-state index contributed by atoms with van der Waals surface area (Å²) in [6.45, 7) is 1.36. The molecule has 0 amide bonds. The quantitative estimate of drug-likeness (QED) is 0.422. The maximum absolute atomic E-state index is 13.1. The lowest BCUT2D eigenvalue weighted by Gasteiger charge is -2.23. The summed E-state index contributed by atoms with van der Waals surface area (Å²) >= 11 is 12.5. The lowest BCUT2D eigenvalue weighted by atomic mass is 9.96. The van der Waals surface area contributed by atoms with Gasteiger partial charge < -0.3 is 9.72 Å². The smallest absolute Gasteiger partial charge is 0.302 e. The highest BCUT2D eigenvalue weighted by Gasteiger charge is 2.25. The predicted molar refractivity (Wildman–Crippen MR) is 126 cm³/mol. The van der Waals surface area contributed by atoms with Crippen LogP contribution in [0.4, 0.5) is 0 Å². The van der Waals surface area contributed by atoms with Crippen LogP contribution < -0.4 is 4.72 Å². The van der Waals surface area contributed by atoms with Crippen molar-refractivity contribution in [3.8, 4) is 11.3 Å². The number of esters is 1. The number of halogens is 2. The van der Waals surface area contributed by atoms with Gasteiger partial charge in [-0.15, -0.1) is 0 Å². The van der Waals surface area contributed by atoms with Gasteiger partial charge in [-0.05, 0) is 48.7 Å². The Morgan fingerprint density at radius 2 is 1.88 bits per heavy atom. The fourth-order valence-corrected chi connectivity index (χ4v) is 6.16. The van der Waals surface area contributed by atoms with Crippen LogP contribution in [0, 0.1) is 0 Å². The first-order chi connectivity index (χ1) is 15.2. The van der Waals surface area contributed by atoms with E-state index in [1.165, 1.54) is 6.92 Å². The van der Waals surface area contributed by atoms with E-state index in [9.17, 15) is 13.2 Å². The summed E-state index contributed by atoms with van der Waals surface area (Å²) < 4.78 is 34.3. The Bertz CT molecular complexity index is 1260. The Kier molecular flexibility index (Phi) is 6.81. The number of ether oxygens (including phenoxy) is 1. The molecule has 32 heavy (non-hydrogen) atoms. The number of hydrogen-bond donors (Lipinski definition) is 2. The van der Waals surface area contributed by atoms with Crippen LogP contribution in [0.1, 0.15) is 44.6 Å². The molecule has 2 N–H and O–H groups in total. The zero-order valence-corrected chi connectivity index (χ0v) is 19.9. The van der Waals surface area contributed by atoms with Crippen LogP contribution in [-0.2, 0) is 26.2 Å². The Morgan fingerprint density at radius 1 is 1.12 bits per heavy atom. The average molecular weight is 495 g/mol. The number of H-pyrrole nitrogens is 1. The summed E-state index contributed by atoms with van der Waals surface area (Å²) in [5, 5.41) is 1.49. The normalized spacial score (nSPS) is 15.2. The van der Waals surface area contributed by atoms with E-state index in [1.807, 2.05) is 6.07 Å². The molecule has 6 nitrogen and oxygen atoms in total. The van der Waals surface area contributed by atoms with Crippen molar-refractivity contribution in [1.29, 1.82) is 0 Å². The summed E-state index contributed by atoms with van der Waals surface area (Å²) in [7, 11) is -3.80. The molecular weight excluding hydrogens is 471 g/mol. The molecule has 0 aliphatic heterocycles. The van der Waals surface area contributed by atoms with E-state index in [1.54, 1.807) is 30.3 Å². The second kappa shape index (κ2) is 9.43. The van der Waals surface area contributed by atoms with Gasteiger partial charge in [-0.3, -0.25) is 4.79 Å². The van der Waals surface area contributed by atoms with Crippen molar-refractivity contribution < 1.29 is 17.9 Å². The molecule has 3 aromatic rings. The molecule has 170 valence electrons. The van der Waals surface area contributed by atoms with Crippen molar-refractivity contribution >= 4 is 50.1 Å². The van der Waals surface area contributed by atoms with Crippen LogP contribution in [-0.4, -0.2) is 25.4 Å². The van der Waals surface area contributed by atoms with Gasteiger partial charge >= 0.3 is 5.97 Å². The van der Waals surface area contributed by atoms with E-state index in [2.05, 4.69) is 9.71 Å². The lowest BCUT2D eigenvalue weighted by Crippen LogP contribution is -2.36. The summed E-state index contributed by atoms with van der Waals surface area (Å²) in [6.07, 6.45) is 4.80. The summed E-state index contributed by atoms with van der Waals surface area (Å²) in [5.74, 6) is -0.414. The Morgan fingerprint density at radius 3 is 2.59 bits per heavy atom. The molecule has 1 aliphatic carbocycles. The van der Waals surface area contributed by atoms with Gasteiger partial charge in [0.25, 0.3) is 0 Å². The zero-order valence-electron chi connectivity index (χ0n) is 17.6. The highest BCUT2D eigenvalue weighted by Crippen LogP contribution is 2.35. The van der Waals surface area contributed by atoms with Gasteiger partial charge in [0.15, 0.2) is 0 Å². The van der Waals surface area contributed by atoms with Crippen LogP contribution in [0.2, 0.25) is 10.0 Å². The Hall–Kier alpha value is -2.06. The van der Waals surface area contributed by atoms with E-state index in [0.29, 0.717) is 21.8 Å². The van der Waals surface area contributed by atoms with Gasteiger partial charge in [0.2, 0.25) is 10.0 Å². The van der Waals surface area contributed by atoms with Crippen LogP contribution in [0.15, 0.2) is 41.3 Å². The highest BCUT2D eigenvalue weighted by atomic mass is 35.5. The number of sulfonamides is 1. The zero-order chi connectivity index (χ0) is 22.9. The minimum absolute atomic E-state index is 0.0239. The van der Waals surface area contributed by atoms with Gasteiger partial charge in [-0.25, -0.2) is 13.1 Å². The van der Waals surface area contributed by atoms with Gasteiger partial charge in [0.1, 0.15) is 11.5 Å². The maximum atomic E-state index is 13.1. The molecule has 1 aliphatic rings. The maximum Gasteiger partial charge on any atom is 0.302 e. The first-order valence-electron chi connectivity index (χ1n) is 10.5. The molecular formula is C23H24Cl2N2O4S. The molecule has 0 saturated heterocycles. The summed E-state index contributed by atoms with van der Waals surface area (Å²) in [6, 6.07) is 10.2. The number of benzene rings is 2. The Labute approximate surface area is 197 Å². The molecule has 0 radical (unpaired) electrons. The van der Waals surface area contributed by atoms with Crippen molar-refractivity contribution in [1.82, 2.24) is 9.71 Å². The van der Waals surface area contributed by atoms with Crippen molar-refractivity contribution in [2.24, 2.45) is 0 Å². The molecule has 9 heteroatoms. The third kappa shape index (κ3) is 4.96. The molecule has 1 saturated carbocycles. The van der Waals surface area contributed by atoms with Crippen LogP contribution in [0.25, 0.3) is 22.2 Å². The number of carbonyl (C=O) groups excluding carboxylic acids is 1. The molecule has 0 spiro atoms. The van der Waals surface area contributed by atoms with Crippen molar-refractivity contribution in [2.75, 3.05) is 0 Å². The summed E-state index contributed by atoms with van der Waals surface area (Å²) in [5.41, 5.74) is 2.78. The van der Waals surface area contributed by atoms with Crippen molar-refractivity contribution in [2.45, 2.75) is 56.6 Å². The monoisotopic (exact) mass is 494 g/mol. The first kappa shape index (κ1) is 23.1. The van der Waals surface area contributed by atoms with Crippen molar-refractivity contribution in [3.63, 3.8) is 0 Å². The molecule has 1 aromatic heterocycles. The standard InChI is InChI=1S/C23H24Cl2N2O4S/c1-14(28)31-13-19-18-12-16(24)8-10-21(18)26-23(19)15-7-9-20(25)22(11-15)32(29,30)27-17-5-3-2-4-6-17/h7-12,17,26-27H,2-6,13H2,1H3. The van der Waals surface area contributed by atoms with E-state index in [-0.39, 0.29) is 22.6 Å². The van der Waals surface area contributed by atoms with Gasteiger partial charge in [-0.2, -0.15) is 0 Å². The van der Waals surface area contributed by atoms with Crippen molar-refractivity contribution in [3.05, 3.63) is 52.0 Å². The van der Waals surface area contributed by atoms with Gasteiger partial charge in [-0.1, -0.05) is 48.5 Å². The average Bonchev–Trinajstić information content (AvgIpc) is 3.10.